The maximum absolute atomic E-state index is 2.40. The topological polar surface area (TPSA) is 0 Å². The summed E-state index contributed by atoms with van der Waals surface area (Å²) in [5, 5.41) is 0. The molecular weight excluding hydrogens is 386 g/mol. The number of unbranched alkanes of at least 4 members (excludes halogenated alkanes) is 17. The normalized spacial score (nSPS) is 12.9. The molecule has 1 heteroatoms. The molecule has 0 aliphatic rings. The van der Waals surface area contributed by atoms with Gasteiger partial charge in [0.05, 0.1) is 20.6 Å². The molecule has 0 amide bonds. The standard InChI is InChI=1S/C31H58N/c1-5-7-8-9-10-11-12-13-14-15-16-17-18-19-20-21-22-26-29-31(32(3,4)6-2)30-27-24-23-25-28-30/h23-25,27-28,31H,5-22,26,29H2,1-4H3/q+1. The molecule has 32 heavy (non-hydrogen) atoms. The van der Waals surface area contributed by atoms with Crippen molar-refractivity contribution in [2.24, 2.45) is 0 Å². The van der Waals surface area contributed by atoms with E-state index in [1.807, 2.05) is 0 Å². The van der Waals surface area contributed by atoms with E-state index in [0.717, 1.165) is 4.48 Å². The SMILES string of the molecule is CCCCCCCCCCCCCCCCCCCCC(c1ccccc1)[N+](C)(C)CC. The average Bonchev–Trinajstić information content (AvgIpc) is 2.81. The van der Waals surface area contributed by atoms with Crippen LogP contribution in [0, 0.1) is 0 Å². The van der Waals surface area contributed by atoms with E-state index in [4.69, 9.17) is 0 Å². The predicted octanol–water partition coefficient (Wildman–Crippen LogP) is 10.3. The van der Waals surface area contributed by atoms with Crippen LogP contribution in [0.1, 0.15) is 147 Å². The van der Waals surface area contributed by atoms with E-state index in [1.54, 1.807) is 0 Å². The van der Waals surface area contributed by atoms with Gasteiger partial charge in [-0.25, -0.2) is 0 Å². The highest BCUT2D eigenvalue weighted by Gasteiger charge is 2.27. The first kappa shape index (κ1) is 29.2. The molecule has 1 aromatic rings. The van der Waals surface area contributed by atoms with Gasteiger partial charge in [0.1, 0.15) is 6.04 Å². The number of rotatable bonds is 22. The van der Waals surface area contributed by atoms with Crippen molar-refractivity contribution in [2.75, 3.05) is 20.6 Å². The van der Waals surface area contributed by atoms with Crippen molar-refractivity contribution >= 4 is 0 Å². The van der Waals surface area contributed by atoms with Crippen molar-refractivity contribution in [2.45, 2.75) is 142 Å². The lowest BCUT2D eigenvalue weighted by molar-refractivity contribution is -0.920. The average molecular weight is 445 g/mol. The van der Waals surface area contributed by atoms with Crippen molar-refractivity contribution in [1.29, 1.82) is 0 Å². The van der Waals surface area contributed by atoms with E-state index >= 15 is 0 Å². The molecule has 0 heterocycles. The Morgan fingerprint density at radius 3 is 1.28 bits per heavy atom. The fourth-order valence-corrected chi connectivity index (χ4v) is 5.05. The van der Waals surface area contributed by atoms with Crippen LogP contribution in [0.5, 0.6) is 0 Å². The van der Waals surface area contributed by atoms with Gasteiger partial charge in [0.2, 0.25) is 0 Å². The van der Waals surface area contributed by atoms with Gasteiger partial charge >= 0.3 is 0 Å². The minimum atomic E-state index is 0.641. The van der Waals surface area contributed by atoms with Gasteiger partial charge < -0.3 is 4.48 Å². The van der Waals surface area contributed by atoms with Gasteiger partial charge in [-0.15, -0.1) is 0 Å². The quantitative estimate of drug-likeness (QED) is 0.123. The minimum Gasteiger partial charge on any atom is -0.323 e. The Labute approximate surface area is 203 Å². The molecule has 186 valence electrons. The first-order valence-electron chi connectivity index (χ1n) is 14.5. The summed E-state index contributed by atoms with van der Waals surface area (Å²) in [6.07, 6.45) is 27.4. The molecule has 1 aromatic carbocycles. The highest BCUT2D eigenvalue weighted by molar-refractivity contribution is 5.17. The first-order valence-corrected chi connectivity index (χ1v) is 14.5. The Hall–Kier alpha value is -0.820. The monoisotopic (exact) mass is 444 g/mol. The molecule has 0 spiro atoms. The smallest absolute Gasteiger partial charge is 0.114 e. The molecule has 0 aliphatic heterocycles. The van der Waals surface area contributed by atoms with Crippen LogP contribution in [0.15, 0.2) is 30.3 Å². The van der Waals surface area contributed by atoms with Crippen LogP contribution in [0.4, 0.5) is 0 Å². The highest BCUT2D eigenvalue weighted by atomic mass is 15.3. The lowest BCUT2D eigenvalue weighted by atomic mass is 9.96. The lowest BCUT2D eigenvalue weighted by Gasteiger charge is -2.37. The Morgan fingerprint density at radius 1 is 0.531 bits per heavy atom. The summed E-state index contributed by atoms with van der Waals surface area (Å²) >= 11 is 0. The van der Waals surface area contributed by atoms with Crippen LogP contribution >= 0.6 is 0 Å². The summed E-state index contributed by atoms with van der Waals surface area (Å²) in [5.41, 5.74) is 1.52. The van der Waals surface area contributed by atoms with Gasteiger partial charge in [-0.05, 0) is 13.3 Å². The lowest BCUT2D eigenvalue weighted by Crippen LogP contribution is -2.42. The zero-order valence-electron chi connectivity index (χ0n) is 22.6. The van der Waals surface area contributed by atoms with Crippen LogP contribution in [-0.2, 0) is 0 Å². The third-order valence-electron chi connectivity index (χ3n) is 7.67. The maximum Gasteiger partial charge on any atom is 0.114 e. The minimum absolute atomic E-state index is 0.641. The van der Waals surface area contributed by atoms with Gasteiger partial charge in [-0.1, -0.05) is 146 Å². The Morgan fingerprint density at radius 2 is 0.906 bits per heavy atom. The molecule has 1 atom stereocenters. The van der Waals surface area contributed by atoms with Crippen molar-refractivity contribution in [3.63, 3.8) is 0 Å². The third-order valence-corrected chi connectivity index (χ3v) is 7.67. The Balaban J connectivity index is 1.94. The molecule has 0 radical (unpaired) electrons. The molecule has 0 N–H and O–H groups in total. The number of nitrogens with zero attached hydrogens (tertiary/aromatic N) is 1. The van der Waals surface area contributed by atoms with Crippen molar-refractivity contribution in [3.8, 4) is 0 Å². The Bertz CT molecular complexity index is 506. The second-order valence-corrected chi connectivity index (χ2v) is 10.8. The second kappa shape index (κ2) is 19.6. The van der Waals surface area contributed by atoms with Crippen LogP contribution in [-0.4, -0.2) is 25.1 Å². The van der Waals surface area contributed by atoms with Crippen LogP contribution in [0.2, 0.25) is 0 Å². The molecule has 0 saturated carbocycles. The van der Waals surface area contributed by atoms with Gasteiger partial charge in [-0.2, -0.15) is 0 Å². The van der Waals surface area contributed by atoms with Gasteiger partial charge in [0, 0.05) is 12.0 Å². The van der Waals surface area contributed by atoms with E-state index in [1.165, 1.54) is 134 Å². The van der Waals surface area contributed by atoms with Gasteiger partial charge in [0.25, 0.3) is 0 Å². The molecule has 0 bridgehead atoms. The predicted molar refractivity (Wildman–Crippen MR) is 145 cm³/mol. The van der Waals surface area contributed by atoms with Crippen molar-refractivity contribution in [1.82, 2.24) is 0 Å². The molecular formula is C31H58N+. The van der Waals surface area contributed by atoms with Crippen LogP contribution in [0.3, 0.4) is 0 Å². The Kier molecular flexibility index (Phi) is 17.9. The first-order chi connectivity index (χ1) is 15.6. The second-order valence-electron chi connectivity index (χ2n) is 10.8. The molecule has 0 aliphatic carbocycles. The maximum atomic E-state index is 2.40. The van der Waals surface area contributed by atoms with Crippen LogP contribution in [0.25, 0.3) is 0 Å². The summed E-state index contributed by atoms with van der Waals surface area (Å²) < 4.78 is 1.10. The highest BCUT2D eigenvalue weighted by Crippen LogP contribution is 2.30. The number of hydrogen-bond donors (Lipinski definition) is 0. The van der Waals surface area contributed by atoms with E-state index in [0.29, 0.717) is 6.04 Å². The number of quaternary nitrogens is 1. The summed E-state index contributed by atoms with van der Waals surface area (Å²) in [6, 6.07) is 11.8. The van der Waals surface area contributed by atoms with Crippen LogP contribution < -0.4 is 0 Å². The summed E-state index contributed by atoms with van der Waals surface area (Å²) in [4.78, 5) is 0. The zero-order chi connectivity index (χ0) is 23.3. The fraction of sp³-hybridized carbons (Fsp3) is 0.806. The summed E-state index contributed by atoms with van der Waals surface area (Å²) in [7, 11) is 4.79. The van der Waals surface area contributed by atoms with Crippen molar-refractivity contribution < 1.29 is 4.48 Å². The molecule has 1 unspecified atom stereocenters. The van der Waals surface area contributed by atoms with E-state index in [-0.39, 0.29) is 0 Å². The molecule has 0 aromatic heterocycles. The largest absolute Gasteiger partial charge is 0.323 e. The molecule has 0 saturated heterocycles. The number of hydrogen-bond acceptors (Lipinski definition) is 0. The third kappa shape index (κ3) is 14.4. The van der Waals surface area contributed by atoms with Gasteiger partial charge in [0.15, 0.2) is 0 Å². The van der Waals surface area contributed by atoms with Gasteiger partial charge in [-0.3, -0.25) is 0 Å². The molecule has 1 rings (SSSR count). The van der Waals surface area contributed by atoms with E-state index < -0.39 is 0 Å². The van der Waals surface area contributed by atoms with E-state index in [2.05, 4.69) is 58.3 Å². The molecule has 1 nitrogen and oxygen atoms in total. The summed E-state index contributed by atoms with van der Waals surface area (Å²) in [5.74, 6) is 0. The fourth-order valence-electron chi connectivity index (χ4n) is 5.05. The van der Waals surface area contributed by atoms with E-state index in [9.17, 15) is 0 Å². The zero-order valence-corrected chi connectivity index (χ0v) is 22.6. The van der Waals surface area contributed by atoms with Crippen molar-refractivity contribution in [3.05, 3.63) is 35.9 Å². The molecule has 0 fully saturated rings. The number of benzene rings is 1. The summed E-state index contributed by atoms with van der Waals surface area (Å²) in [6.45, 7) is 5.82.